The highest BCUT2D eigenvalue weighted by atomic mass is 16.6. The van der Waals surface area contributed by atoms with Gasteiger partial charge in [-0.05, 0) is 74.9 Å². The van der Waals surface area contributed by atoms with Gasteiger partial charge in [0.1, 0.15) is 23.0 Å². The van der Waals surface area contributed by atoms with Crippen LogP contribution in [0.5, 0.6) is 17.2 Å². The molecule has 7 heteroatoms. The van der Waals surface area contributed by atoms with Crippen LogP contribution in [0.1, 0.15) is 36.9 Å². The van der Waals surface area contributed by atoms with Crippen molar-refractivity contribution in [2.24, 2.45) is 0 Å². The van der Waals surface area contributed by atoms with Gasteiger partial charge in [0.05, 0.1) is 25.5 Å². The second-order valence-electron chi connectivity index (χ2n) is 8.56. The van der Waals surface area contributed by atoms with Gasteiger partial charge < -0.3 is 23.5 Å². The van der Waals surface area contributed by atoms with Crippen molar-refractivity contribution in [1.82, 2.24) is 9.88 Å². The minimum Gasteiger partial charge on any atom is -0.497 e. The van der Waals surface area contributed by atoms with Crippen LogP contribution in [0.4, 0.5) is 4.79 Å². The molecule has 4 rings (SSSR count). The number of carbonyl (C=O) groups excluding carboxylic acids is 1. The van der Waals surface area contributed by atoms with E-state index in [1.54, 1.807) is 36.3 Å². The van der Waals surface area contributed by atoms with Gasteiger partial charge in [-0.25, -0.2) is 9.78 Å². The average Bonchev–Trinajstić information content (AvgIpc) is 3.30. The molecule has 0 N–H and O–H groups in total. The van der Waals surface area contributed by atoms with Crippen molar-refractivity contribution in [2.45, 2.75) is 33.2 Å². The molecular formula is C30H32N2O5. The van der Waals surface area contributed by atoms with Gasteiger partial charge in [0.2, 0.25) is 5.89 Å². The Morgan fingerprint density at radius 3 is 2.41 bits per heavy atom. The Bertz CT molecular complexity index is 1300. The summed E-state index contributed by atoms with van der Waals surface area (Å²) in [5, 5.41) is 0. The highest BCUT2D eigenvalue weighted by Gasteiger charge is 2.22. The number of nitrogens with zero attached hydrogens (tertiary/aromatic N) is 2. The van der Waals surface area contributed by atoms with Crippen LogP contribution in [-0.4, -0.2) is 36.2 Å². The van der Waals surface area contributed by atoms with Crippen molar-refractivity contribution in [2.75, 3.05) is 20.3 Å². The van der Waals surface area contributed by atoms with E-state index in [0.717, 1.165) is 28.3 Å². The van der Waals surface area contributed by atoms with Gasteiger partial charge in [0.15, 0.2) is 0 Å². The van der Waals surface area contributed by atoms with Crippen molar-refractivity contribution >= 4 is 6.09 Å². The summed E-state index contributed by atoms with van der Waals surface area (Å²) in [6, 6.07) is 24.4. The third kappa shape index (κ3) is 6.50. The second-order valence-corrected chi connectivity index (χ2v) is 8.56. The number of aryl methyl sites for hydroxylation is 1. The largest absolute Gasteiger partial charge is 0.497 e. The summed E-state index contributed by atoms with van der Waals surface area (Å²) in [5.41, 5.74) is 2.78. The Morgan fingerprint density at radius 2 is 1.70 bits per heavy atom. The van der Waals surface area contributed by atoms with E-state index in [1.807, 2.05) is 75.4 Å². The van der Waals surface area contributed by atoms with Crippen LogP contribution in [-0.2, 0) is 6.42 Å². The highest BCUT2D eigenvalue weighted by Crippen LogP contribution is 2.26. The molecule has 4 aromatic rings. The van der Waals surface area contributed by atoms with Gasteiger partial charge in [-0.2, -0.15) is 0 Å². The Hall–Kier alpha value is -4.26. The Balaban J connectivity index is 1.36. The molecule has 0 aliphatic heterocycles. The SMILES string of the molecule is CCN(C(=O)Oc1ccc(OC)cc1)[C@@H](C)c1cccc(OCCc2nc(-c3ccccc3)oc2C)c1. The first kappa shape index (κ1) is 25.8. The topological polar surface area (TPSA) is 74.0 Å². The first-order valence-corrected chi connectivity index (χ1v) is 12.4. The zero-order chi connectivity index (χ0) is 26.2. The number of amides is 1. The van der Waals surface area contributed by atoms with Crippen molar-refractivity contribution in [3.05, 3.63) is 95.9 Å². The molecule has 1 aromatic heterocycles. The standard InChI is InChI=1S/C30H32N2O5/c1-5-32(30(33)37-26-16-14-25(34-4)15-17-26)21(2)24-12-9-13-27(20-24)35-19-18-28-22(3)36-29(31-28)23-10-7-6-8-11-23/h6-17,20-21H,5,18-19H2,1-4H3/t21-/m0/s1. The fourth-order valence-corrected chi connectivity index (χ4v) is 4.04. The van der Waals surface area contributed by atoms with E-state index in [0.29, 0.717) is 37.0 Å². The van der Waals surface area contributed by atoms with Gasteiger partial charge in [-0.3, -0.25) is 0 Å². The quantitative estimate of drug-likeness (QED) is 0.237. The van der Waals surface area contributed by atoms with Gasteiger partial charge in [-0.1, -0.05) is 30.3 Å². The molecule has 192 valence electrons. The van der Waals surface area contributed by atoms with Gasteiger partial charge in [0.25, 0.3) is 0 Å². The van der Waals surface area contributed by atoms with Crippen LogP contribution in [0.25, 0.3) is 11.5 Å². The van der Waals surface area contributed by atoms with Crippen LogP contribution in [0.2, 0.25) is 0 Å². The molecule has 3 aromatic carbocycles. The van der Waals surface area contributed by atoms with Crippen LogP contribution >= 0.6 is 0 Å². The first-order chi connectivity index (χ1) is 18.0. The third-order valence-corrected chi connectivity index (χ3v) is 6.17. The van der Waals surface area contributed by atoms with Crippen LogP contribution in [0, 0.1) is 6.92 Å². The van der Waals surface area contributed by atoms with Crippen molar-refractivity contribution < 1.29 is 23.4 Å². The summed E-state index contributed by atoms with van der Waals surface area (Å²) in [5.74, 6) is 3.30. The van der Waals surface area contributed by atoms with E-state index in [-0.39, 0.29) is 6.04 Å². The molecule has 0 unspecified atom stereocenters. The molecule has 0 bridgehead atoms. The summed E-state index contributed by atoms with van der Waals surface area (Å²) in [6.07, 6.45) is 0.208. The molecule has 1 atom stereocenters. The number of rotatable bonds is 10. The zero-order valence-corrected chi connectivity index (χ0v) is 21.6. The lowest BCUT2D eigenvalue weighted by atomic mass is 10.1. The molecule has 0 spiro atoms. The summed E-state index contributed by atoms with van der Waals surface area (Å²) in [7, 11) is 1.59. The molecule has 0 fully saturated rings. The summed E-state index contributed by atoms with van der Waals surface area (Å²) >= 11 is 0. The fraction of sp³-hybridized carbons (Fsp3) is 0.267. The molecule has 1 amide bonds. The number of methoxy groups -OCH3 is 1. The van der Waals surface area contributed by atoms with E-state index < -0.39 is 6.09 Å². The summed E-state index contributed by atoms with van der Waals surface area (Å²) in [4.78, 5) is 19.2. The maximum absolute atomic E-state index is 12.9. The van der Waals surface area contributed by atoms with E-state index in [4.69, 9.17) is 18.6 Å². The van der Waals surface area contributed by atoms with E-state index >= 15 is 0 Å². The van der Waals surface area contributed by atoms with E-state index in [2.05, 4.69) is 4.98 Å². The second kappa shape index (κ2) is 12.1. The van der Waals surface area contributed by atoms with Crippen LogP contribution in [0.3, 0.4) is 0 Å². The van der Waals surface area contributed by atoms with Crippen LogP contribution < -0.4 is 14.2 Å². The summed E-state index contributed by atoms with van der Waals surface area (Å²) < 4.78 is 22.6. The maximum Gasteiger partial charge on any atom is 0.415 e. The fourth-order valence-electron chi connectivity index (χ4n) is 4.04. The smallest absolute Gasteiger partial charge is 0.415 e. The van der Waals surface area contributed by atoms with Crippen molar-refractivity contribution in [1.29, 1.82) is 0 Å². The lowest BCUT2D eigenvalue weighted by Gasteiger charge is -2.27. The normalized spacial score (nSPS) is 11.6. The maximum atomic E-state index is 12.9. The molecule has 0 saturated heterocycles. The Labute approximate surface area is 217 Å². The molecular weight excluding hydrogens is 468 g/mol. The van der Waals surface area contributed by atoms with Gasteiger partial charge >= 0.3 is 6.09 Å². The number of benzene rings is 3. The Kier molecular flexibility index (Phi) is 8.46. The molecule has 1 heterocycles. The Morgan fingerprint density at radius 1 is 0.973 bits per heavy atom. The molecule has 0 aliphatic carbocycles. The van der Waals surface area contributed by atoms with Crippen molar-refractivity contribution in [3.63, 3.8) is 0 Å². The minimum atomic E-state index is -0.415. The van der Waals surface area contributed by atoms with Crippen molar-refractivity contribution in [3.8, 4) is 28.7 Å². The van der Waals surface area contributed by atoms with Crippen LogP contribution in [0.15, 0.2) is 83.3 Å². The number of hydrogen-bond acceptors (Lipinski definition) is 6. The molecule has 37 heavy (non-hydrogen) atoms. The molecule has 0 aliphatic rings. The zero-order valence-electron chi connectivity index (χ0n) is 21.6. The molecule has 7 nitrogen and oxygen atoms in total. The van der Waals surface area contributed by atoms with E-state index in [9.17, 15) is 4.79 Å². The predicted octanol–water partition coefficient (Wildman–Crippen LogP) is 6.86. The third-order valence-electron chi connectivity index (χ3n) is 6.17. The lowest BCUT2D eigenvalue weighted by Crippen LogP contribution is -2.35. The first-order valence-electron chi connectivity index (χ1n) is 12.4. The van der Waals surface area contributed by atoms with Gasteiger partial charge in [0, 0.05) is 18.5 Å². The van der Waals surface area contributed by atoms with E-state index in [1.165, 1.54) is 0 Å². The monoisotopic (exact) mass is 500 g/mol. The molecule has 0 radical (unpaired) electrons. The predicted molar refractivity (Wildman–Crippen MR) is 142 cm³/mol. The van der Waals surface area contributed by atoms with Gasteiger partial charge in [-0.15, -0.1) is 0 Å². The lowest BCUT2D eigenvalue weighted by molar-refractivity contribution is 0.138. The number of hydrogen-bond donors (Lipinski definition) is 0. The highest BCUT2D eigenvalue weighted by molar-refractivity contribution is 5.71. The molecule has 0 saturated carbocycles. The average molecular weight is 501 g/mol. The minimum absolute atomic E-state index is 0.203. The summed E-state index contributed by atoms with van der Waals surface area (Å²) in [6.45, 7) is 6.77. The number of carbonyl (C=O) groups is 1. The number of oxazole rings is 1. The number of ether oxygens (including phenoxy) is 3. The number of aromatic nitrogens is 1.